The summed E-state index contributed by atoms with van der Waals surface area (Å²) < 4.78 is 18.8. The molecule has 0 aliphatic carbocycles. The molecule has 0 aliphatic heterocycles. The zero-order chi connectivity index (χ0) is 11.6. The van der Waals surface area contributed by atoms with Gasteiger partial charge in [-0.05, 0) is 12.5 Å². The quantitative estimate of drug-likeness (QED) is 0.833. The van der Waals surface area contributed by atoms with Gasteiger partial charge in [0.15, 0.2) is 11.6 Å². The van der Waals surface area contributed by atoms with Gasteiger partial charge in [0.2, 0.25) is 0 Å². The van der Waals surface area contributed by atoms with Crippen LogP contribution in [0.5, 0.6) is 5.75 Å². The van der Waals surface area contributed by atoms with Crippen molar-refractivity contribution < 1.29 is 14.2 Å². The van der Waals surface area contributed by atoms with E-state index in [2.05, 4.69) is 0 Å². The van der Waals surface area contributed by atoms with Crippen molar-refractivity contribution in [1.29, 1.82) is 0 Å². The third kappa shape index (κ3) is 2.12. The van der Waals surface area contributed by atoms with Gasteiger partial charge in [-0.15, -0.1) is 0 Å². The molecule has 0 atom stereocenters. The van der Waals surface area contributed by atoms with Crippen LogP contribution in [0.15, 0.2) is 12.1 Å². The Bertz CT molecular complexity index is 359. The summed E-state index contributed by atoms with van der Waals surface area (Å²) in [7, 11) is 1.44. The molecule has 3 heteroatoms. The maximum absolute atomic E-state index is 13.7. The number of ether oxygens (including phenoxy) is 1. The van der Waals surface area contributed by atoms with Crippen LogP contribution in [0.4, 0.5) is 4.39 Å². The molecule has 1 aromatic carbocycles. The SMILES string of the molecule is COc1c(C(C)(C)CO)ccc(C)c1F. The summed E-state index contributed by atoms with van der Waals surface area (Å²) in [5.74, 6) is -0.120. The highest BCUT2D eigenvalue weighted by molar-refractivity contribution is 5.43. The number of aliphatic hydroxyl groups is 1. The van der Waals surface area contributed by atoms with Crippen molar-refractivity contribution in [1.82, 2.24) is 0 Å². The highest BCUT2D eigenvalue weighted by Crippen LogP contribution is 2.34. The summed E-state index contributed by atoms with van der Waals surface area (Å²) in [6, 6.07) is 3.50. The number of aryl methyl sites for hydroxylation is 1. The molecule has 0 radical (unpaired) electrons. The fourth-order valence-electron chi connectivity index (χ4n) is 1.47. The van der Waals surface area contributed by atoms with E-state index in [-0.39, 0.29) is 18.2 Å². The second-order valence-corrected chi connectivity index (χ2v) is 4.32. The lowest BCUT2D eigenvalue weighted by Gasteiger charge is -2.25. The molecule has 0 aromatic heterocycles. The molecule has 0 bridgehead atoms. The summed E-state index contributed by atoms with van der Waals surface area (Å²) in [4.78, 5) is 0. The third-order valence-corrected chi connectivity index (χ3v) is 2.62. The number of aliphatic hydroxyl groups excluding tert-OH is 1. The van der Waals surface area contributed by atoms with Gasteiger partial charge in [-0.3, -0.25) is 0 Å². The maximum Gasteiger partial charge on any atom is 0.168 e. The molecule has 0 saturated heterocycles. The Morgan fingerprint density at radius 2 is 2.00 bits per heavy atom. The molecule has 1 rings (SSSR count). The van der Waals surface area contributed by atoms with E-state index in [4.69, 9.17) is 4.74 Å². The van der Waals surface area contributed by atoms with Gasteiger partial charge < -0.3 is 9.84 Å². The number of methoxy groups -OCH3 is 1. The Morgan fingerprint density at radius 3 is 2.47 bits per heavy atom. The number of rotatable bonds is 3. The van der Waals surface area contributed by atoms with Crippen molar-refractivity contribution in [2.75, 3.05) is 13.7 Å². The van der Waals surface area contributed by atoms with E-state index in [0.29, 0.717) is 11.1 Å². The first kappa shape index (κ1) is 12.0. The van der Waals surface area contributed by atoms with Gasteiger partial charge in [0.25, 0.3) is 0 Å². The van der Waals surface area contributed by atoms with E-state index in [0.717, 1.165) is 0 Å². The van der Waals surface area contributed by atoms with Crippen molar-refractivity contribution in [2.24, 2.45) is 0 Å². The molecular weight excluding hydrogens is 195 g/mol. The lowest BCUT2D eigenvalue weighted by molar-refractivity contribution is 0.213. The smallest absolute Gasteiger partial charge is 0.168 e. The standard InChI is InChI=1S/C12H17FO2/c1-8-5-6-9(12(2,3)7-14)11(15-4)10(8)13/h5-6,14H,7H2,1-4H3. The molecule has 0 fully saturated rings. The Labute approximate surface area is 89.7 Å². The molecule has 0 saturated carbocycles. The van der Waals surface area contributed by atoms with Crippen LogP contribution in [0, 0.1) is 12.7 Å². The van der Waals surface area contributed by atoms with Gasteiger partial charge in [0, 0.05) is 11.0 Å². The summed E-state index contributed by atoms with van der Waals surface area (Å²) in [6.07, 6.45) is 0. The van der Waals surface area contributed by atoms with E-state index < -0.39 is 5.41 Å². The first-order valence-corrected chi connectivity index (χ1v) is 4.88. The third-order valence-electron chi connectivity index (χ3n) is 2.62. The molecule has 15 heavy (non-hydrogen) atoms. The molecule has 84 valence electrons. The van der Waals surface area contributed by atoms with Crippen molar-refractivity contribution in [3.8, 4) is 5.75 Å². The monoisotopic (exact) mass is 212 g/mol. The van der Waals surface area contributed by atoms with Crippen LogP contribution >= 0.6 is 0 Å². The lowest BCUT2D eigenvalue weighted by atomic mass is 9.84. The normalized spacial score (nSPS) is 11.6. The Balaban J connectivity index is 3.37. The molecule has 2 nitrogen and oxygen atoms in total. The maximum atomic E-state index is 13.7. The Hall–Kier alpha value is -1.09. The van der Waals surface area contributed by atoms with Gasteiger partial charge in [-0.25, -0.2) is 4.39 Å². The van der Waals surface area contributed by atoms with E-state index >= 15 is 0 Å². The molecule has 0 unspecified atom stereocenters. The average Bonchev–Trinajstić information content (AvgIpc) is 2.21. The van der Waals surface area contributed by atoms with Gasteiger partial charge in [-0.2, -0.15) is 0 Å². The van der Waals surface area contributed by atoms with Crippen molar-refractivity contribution in [3.05, 3.63) is 29.1 Å². The minimum Gasteiger partial charge on any atom is -0.493 e. The van der Waals surface area contributed by atoms with Gasteiger partial charge >= 0.3 is 0 Å². The summed E-state index contributed by atoms with van der Waals surface area (Å²) in [5, 5.41) is 9.25. The van der Waals surface area contributed by atoms with Crippen LogP contribution in [-0.2, 0) is 5.41 Å². The molecule has 0 aliphatic rings. The van der Waals surface area contributed by atoms with Crippen LogP contribution in [0.2, 0.25) is 0 Å². The molecule has 1 N–H and O–H groups in total. The van der Waals surface area contributed by atoms with Crippen molar-refractivity contribution in [2.45, 2.75) is 26.2 Å². The number of hydrogen-bond acceptors (Lipinski definition) is 2. The highest BCUT2D eigenvalue weighted by atomic mass is 19.1. The molecule has 0 heterocycles. The van der Waals surface area contributed by atoms with Gasteiger partial charge in [-0.1, -0.05) is 26.0 Å². The van der Waals surface area contributed by atoms with Crippen LogP contribution < -0.4 is 4.74 Å². The number of benzene rings is 1. The first-order valence-electron chi connectivity index (χ1n) is 4.88. The van der Waals surface area contributed by atoms with E-state index in [1.54, 1.807) is 19.1 Å². The summed E-state index contributed by atoms with van der Waals surface area (Å²) in [6.45, 7) is 5.33. The fourth-order valence-corrected chi connectivity index (χ4v) is 1.47. The summed E-state index contributed by atoms with van der Waals surface area (Å²) >= 11 is 0. The van der Waals surface area contributed by atoms with Gasteiger partial charge in [0.1, 0.15) is 0 Å². The molecule has 0 amide bonds. The number of halogens is 1. The van der Waals surface area contributed by atoms with Crippen LogP contribution in [-0.4, -0.2) is 18.8 Å². The predicted molar refractivity (Wildman–Crippen MR) is 57.8 cm³/mol. The largest absolute Gasteiger partial charge is 0.493 e. The molecule has 1 aromatic rings. The van der Waals surface area contributed by atoms with Gasteiger partial charge in [0.05, 0.1) is 13.7 Å². The number of hydrogen-bond donors (Lipinski definition) is 1. The minimum absolute atomic E-state index is 0.0497. The van der Waals surface area contributed by atoms with E-state index in [1.807, 2.05) is 13.8 Å². The highest BCUT2D eigenvalue weighted by Gasteiger charge is 2.26. The molecular formula is C12H17FO2. The van der Waals surface area contributed by atoms with Crippen molar-refractivity contribution in [3.63, 3.8) is 0 Å². The Morgan fingerprint density at radius 1 is 1.40 bits per heavy atom. The topological polar surface area (TPSA) is 29.5 Å². The minimum atomic E-state index is -0.500. The zero-order valence-corrected chi connectivity index (χ0v) is 9.60. The first-order chi connectivity index (χ1) is 6.94. The van der Waals surface area contributed by atoms with Crippen LogP contribution in [0.1, 0.15) is 25.0 Å². The second-order valence-electron chi connectivity index (χ2n) is 4.32. The lowest BCUT2D eigenvalue weighted by Crippen LogP contribution is -2.23. The molecule has 0 spiro atoms. The average molecular weight is 212 g/mol. The van der Waals surface area contributed by atoms with Crippen LogP contribution in [0.25, 0.3) is 0 Å². The summed E-state index contributed by atoms with van der Waals surface area (Å²) in [5.41, 5.74) is 0.736. The predicted octanol–water partition coefficient (Wildman–Crippen LogP) is 2.41. The fraction of sp³-hybridized carbons (Fsp3) is 0.500. The zero-order valence-electron chi connectivity index (χ0n) is 9.60. The van der Waals surface area contributed by atoms with E-state index in [9.17, 15) is 9.50 Å². The van der Waals surface area contributed by atoms with Crippen molar-refractivity contribution >= 4 is 0 Å². The van der Waals surface area contributed by atoms with E-state index in [1.165, 1.54) is 7.11 Å². The Kier molecular flexibility index (Phi) is 3.35. The van der Waals surface area contributed by atoms with Crippen LogP contribution in [0.3, 0.4) is 0 Å². The second kappa shape index (κ2) is 4.19.